The molecule has 1 aromatic heterocycles. The molecule has 15 heavy (non-hydrogen) atoms. The summed E-state index contributed by atoms with van der Waals surface area (Å²) in [6, 6.07) is 0.759. The molecule has 2 N–H and O–H groups in total. The van der Waals surface area contributed by atoms with Crippen molar-refractivity contribution in [1.82, 2.24) is 10.3 Å². The van der Waals surface area contributed by atoms with Gasteiger partial charge in [0, 0.05) is 6.20 Å². The highest BCUT2D eigenvalue weighted by atomic mass is 19.1. The molecule has 1 heterocycles. The Labute approximate surface area is 87.1 Å². The number of likely N-dealkylation sites (N-methyl/N-ethyl adjacent to an activating group) is 1. The van der Waals surface area contributed by atoms with E-state index in [0.29, 0.717) is 18.4 Å². The number of halogens is 1. The van der Waals surface area contributed by atoms with Crippen LogP contribution in [0.1, 0.15) is 12.0 Å². The predicted molar refractivity (Wildman–Crippen MR) is 53.0 cm³/mol. The van der Waals surface area contributed by atoms with Crippen LogP contribution in [0.25, 0.3) is 0 Å². The second-order valence-corrected chi connectivity index (χ2v) is 3.23. The number of aliphatic carboxylic acids is 1. The number of aryl methyl sites for hydroxylation is 1. The third-order valence-corrected chi connectivity index (χ3v) is 2.13. The molecular formula is C10H13FN2O2. The van der Waals surface area contributed by atoms with Gasteiger partial charge >= 0.3 is 5.97 Å². The Morgan fingerprint density at radius 1 is 1.67 bits per heavy atom. The third-order valence-electron chi connectivity index (χ3n) is 2.13. The van der Waals surface area contributed by atoms with Gasteiger partial charge in [-0.25, -0.2) is 4.39 Å². The van der Waals surface area contributed by atoms with E-state index < -0.39 is 17.8 Å². The minimum Gasteiger partial charge on any atom is -0.480 e. The largest absolute Gasteiger partial charge is 0.480 e. The van der Waals surface area contributed by atoms with Gasteiger partial charge in [0.1, 0.15) is 11.9 Å². The topological polar surface area (TPSA) is 62.2 Å². The lowest BCUT2D eigenvalue weighted by atomic mass is 10.1. The molecule has 0 spiro atoms. The average Bonchev–Trinajstić information content (AvgIpc) is 2.18. The molecule has 0 saturated heterocycles. The maximum absolute atomic E-state index is 12.7. The van der Waals surface area contributed by atoms with Gasteiger partial charge in [0.15, 0.2) is 0 Å². The van der Waals surface area contributed by atoms with Gasteiger partial charge < -0.3 is 10.4 Å². The van der Waals surface area contributed by atoms with Crippen LogP contribution in [0.2, 0.25) is 0 Å². The number of rotatable bonds is 5. The minimum absolute atomic E-state index is 0.399. The number of carboxylic acid groups (broad SMARTS) is 1. The summed E-state index contributed by atoms with van der Waals surface area (Å²) in [5.41, 5.74) is 0.705. The van der Waals surface area contributed by atoms with Crippen molar-refractivity contribution in [2.24, 2.45) is 0 Å². The Morgan fingerprint density at radius 2 is 2.40 bits per heavy atom. The molecule has 0 bridgehead atoms. The van der Waals surface area contributed by atoms with Crippen molar-refractivity contribution in [1.29, 1.82) is 0 Å². The number of carbonyl (C=O) groups is 1. The summed E-state index contributed by atoms with van der Waals surface area (Å²) in [7, 11) is 1.59. The lowest BCUT2D eigenvalue weighted by Crippen LogP contribution is -2.34. The van der Waals surface area contributed by atoms with Gasteiger partial charge in [0.05, 0.1) is 6.20 Å². The van der Waals surface area contributed by atoms with Crippen molar-refractivity contribution < 1.29 is 14.3 Å². The summed E-state index contributed by atoms with van der Waals surface area (Å²) in [6.45, 7) is 0. The molecule has 1 unspecified atom stereocenters. The van der Waals surface area contributed by atoms with Gasteiger partial charge in [-0.05, 0) is 31.5 Å². The Kier molecular flexibility index (Phi) is 4.17. The predicted octanol–water partition coefficient (Wildman–Crippen LogP) is 0.826. The van der Waals surface area contributed by atoms with Gasteiger partial charge in [-0.2, -0.15) is 0 Å². The minimum atomic E-state index is -0.901. The number of hydrogen-bond acceptors (Lipinski definition) is 3. The second kappa shape index (κ2) is 5.41. The summed E-state index contributed by atoms with van der Waals surface area (Å²) in [6.07, 6.45) is 3.56. The van der Waals surface area contributed by atoms with Crippen LogP contribution in [-0.4, -0.2) is 29.1 Å². The molecule has 1 atom stereocenters. The smallest absolute Gasteiger partial charge is 0.320 e. The van der Waals surface area contributed by atoms with Crippen LogP contribution in [0.5, 0.6) is 0 Å². The highest BCUT2D eigenvalue weighted by molar-refractivity contribution is 5.73. The molecule has 0 fully saturated rings. The number of hydrogen-bond donors (Lipinski definition) is 2. The average molecular weight is 212 g/mol. The lowest BCUT2D eigenvalue weighted by molar-refractivity contribution is -0.139. The molecule has 4 nitrogen and oxygen atoms in total. The zero-order valence-electron chi connectivity index (χ0n) is 8.40. The van der Waals surface area contributed by atoms with Gasteiger partial charge in [-0.15, -0.1) is 0 Å². The normalized spacial score (nSPS) is 12.4. The zero-order chi connectivity index (χ0) is 11.3. The van der Waals surface area contributed by atoms with E-state index in [1.165, 1.54) is 12.3 Å². The molecule has 0 aromatic carbocycles. The first-order chi connectivity index (χ1) is 7.13. The summed E-state index contributed by atoms with van der Waals surface area (Å²) < 4.78 is 12.7. The van der Waals surface area contributed by atoms with E-state index in [1.54, 1.807) is 7.05 Å². The van der Waals surface area contributed by atoms with E-state index in [4.69, 9.17) is 5.11 Å². The number of carboxylic acids is 1. The van der Waals surface area contributed by atoms with Gasteiger partial charge in [0.25, 0.3) is 0 Å². The molecule has 0 saturated carbocycles. The fourth-order valence-corrected chi connectivity index (χ4v) is 1.29. The molecule has 0 aliphatic heterocycles. The standard InChI is InChI=1S/C10H13FN2O2/c1-12-9(10(14)15)3-2-7-4-8(11)6-13-5-7/h4-6,9,12H,2-3H2,1H3,(H,14,15). The van der Waals surface area contributed by atoms with Crippen LogP contribution in [0.15, 0.2) is 18.5 Å². The SMILES string of the molecule is CNC(CCc1cncc(F)c1)C(=O)O. The Balaban J connectivity index is 2.52. The van der Waals surface area contributed by atoms with Gasteiger partial charge in [-0.3, -0.25) is 9.78 Å². The van der Waals surface area contributed by atoms with E-state index in [2.05, 4.69) is 10.3 Å². The third kappa shape index (κ3) is 3.63. The Morgan fingerprint density at radius 3 is 2.93 bits per heavy atom. The van der Waals surface area contributed by atoms with Crippen LogP contribution >= 0.6 is 0 Å². The van der Waals surface area contributed by atoms with Crippen LogP contribution in [-0.2, 0) is 11.2 Å². The first-order valence-corrected chi connectivity index (χ1v) is 4.63. The van der Waals surface area contributed by atoms with E-state index in [9.17, 15) is 9.18 Å². The first kappa shape index (κ1) is 11.6. The highest BCUT2D eigenvalue weighted by Gasteiger charge is 2.14. The maximum Gasteiger partial charge on any atom is 0.320 e. The van der Waals surface area contributed by atoms with Gasteiger partial charge in [-0.1, -0.05) is 0 Å². The maximum atomic E-state index is 12.7. The summed E-state index contributed by atoms with van der Waals surface area (Å²) in [5.74, 6) is -1.30. The molecule has 5 heteroatoms. The van der Waals surface area contributed by atoms with Crippen molar-refractivity contribution in [3.05, 3.63) is 29.8 Å². The summed E-state index contributed by atoms with van der Waals surface area (Å²) >= 11 is 0. The summed E-state index contributed by atoms with van der Waals surface area (Å²) in [4.78, 5) is 14.4. The number of aromatic nitrogens is 1. The number of nitrogens with zero attached hydrogens (tertiary/aromatic N) is 1. The fourth-order valence-electron chi connectivity index (χ4n) is 1.29. The molecule has 0 aliphatic rings. The van der Waals surface area contributed by atoms with Crippen LogP contribution in [0, 0.1) is 5.82 Å². The molecular weight excluding hydrogens is 199 g/mol. The van der Waals surface area contributed by atoms with Crippen LogP contribution in [0.3, 0.4) is 0 Å². The molecule has 1 rings (SSSR count). The molecule has 0 amide bonds. The molecule has 0 radical (unpaired) electrons. The van der Waals surface area contributed by atoms with Crippen molar-refractivity contribution in [2.75, 3.05) is 7.05 Å². The van der Waals surface area contributed by atoms with E-state index in [0.717, 1.165) is 6.20 Å². The fraction of sp³-hybridized carbons (Fsp3) is 0.400. The van der Waals surface area contributed by atoms with Crippen LogP contribution in [0.4, 0.5) is 4.39 Å². The second-order valence-electron chi connectivity index (χ2n) is 3.23. The van der Waals surface area contributed by atoms with Crippen LogP contribution < -0.4 is 5.32 Å². The number of pyridine rings is 1. The van der Waals surface area contributed by atoms with Crippen molar-refractivity contribution in [3.8, 4) is 0 Å². The van der Waals surface area contributed by atoms with Gasteiger partial charge in [0.2, 0.25) is 0 Å². The molecule has 0 aliphatic carbocycles. The highest BCUT2D eigenvalue weighted by Crippen LogP contribution is 2.06. The first-order valence-electron chi connectivity index (χ1n) is 4.63. The monoisotopic (exact) mass is 212 g/mol. The van der Waals surface area contributed by atoms with E-state index >= 15 is 0 Å². The van der Waals surface area contributed by atoms with Crippen molar-refractivity contribution in [2.45, 2.75) is 18.9 Å². The molecule has 1 aromatic rings. The molecule has 82 valence electrons. The lowest BCUT2D eigenvalue weighted by Gasteiger charge is -2.10. The van der Waals surface area contributed by atoms with E-state index in [-0.39, 0.29) is 0 Å². The summed E-state index contributed by atoms with van der Waals surface area (Å²) in [5, 5.41) is 11.4. The van der Waals surface area contributed by atoms with Crippen molar-refractivity contribution in [3.63, 3.8) is 0 Å². The quantitative estimate of drug-likeness (QED) is 0.758. The number of nitrogens with one attached hydrogen (secondary N) is 1. The Bertz CT molecular complexity index is 344. The Hall–Kier alpha value is -1.49. The zero-order valence-corrected chi connectivity index (χ0v) is 8.40. The van der Waals surface area contributed by atoms with Crippen molar-refractivity contribution >= 4 is 5.97 Å². The van der Waals surface area contributed by atoms with E-state index in [1.807, 2.05) is 0 Å².